The van der Waals surface area contributed by atoms with Crippen LogP contribution < -0.4 is 0 Å². The third-order valence-electron chi connectivity index (χ3n) is 2.71. The maximum absolute atomic E-state index is 10.9. The highest BCUT2D eigenvalue weighted by Gasteiger charge is 2.18. The minimum atomic E-state index is -1.04. The van der Waals surface area contributed by atoms with Crippen molar-refractivity contribution < 1.29 is 14.3 Å². The lowest BCUT2D eigenvalue weighted by Gasteiger charge is -1.91. The summed E-state index contributed by atoms with van der Waals surface area (Å²) in [5, 5.41) is 8.95. The van der Waals surface area contributed by atoms with Crippen LogP contribution in [0.15, 0.2) is 16.8 Å². The average molecular weight is 246 g/mol. The molecule has 18 heavy (non-hydrogen) atoms. The lowest BCUT2D eigenvalue weighted by Crippen LogP contribution is -1.99. The second kappa shape index (κ2) is 3.46. The van der Waals surface area contributed by atoms with Crippen LogP contribution in [0.2, 0.25) is 0 Å². The van der Waals surface area contributed by atoms with E-state index in [0.717, 1.165) is 0 Å². The summed E-state index contributed by atoms with van der Waals surface area (Å²) in [6.45, 7) is 3.50. The molecule has 0 amide bonds. The topological polar surface area (TPSA) is 96.4 Å². The molecule has 0 aliphatic carbocycles. The first-order valence-corrected chi connectivity index (χ1v) is 5.30. The van der Waals surface area contributed by atoms with Gasteiger partial charge in [-0.15, -0.1) is 0 Å². The Morgan fingerprint density at radius 2 is 2.28 bits per heavy atom. The maximum Gasteiger partial charge on any atom is 0.356 e. The number of aryl methyl sites for hydroxylation is 2. The Balaban J connectivity index is 2.16. The summed E-state index contributed by atoms with van der Waals surface area (Å²) in [7, 11) is 0. The Hall–Kier alpha value is -2.57. The number of carboxylic acids is 1. The summed E-state index contributed by atoms with van der Waals surface area (Å²) in [6.07, 6.45) is 3.34. The molecule has 3 aromatic heterocycles. The zero-order valence-electron chi connectivity index (χ0n) is 9.76. The van der Waals surface area contributed by atoms with Crippen LogP contribution in [0.25, 0.3) is 17.4 Å². The number of fused-ring (bicyclic) bond motifs is 1. The average Bonchev–Trinajstić information content (AvgIpc) is 2.95. The van der Waals surface area contributed by atoms with Gasteiger partial charge in [0.05, 0.1) is 11.9 Å². The third kappa shape index (κ3) is 1.41. The number of oxazole rings is 1. The molecule has 0 aromatic carbocycles. The first-order valence-electron chi connectivity index (χ1n) is 5.30. The number of hydrogen-bond acceptors (Lipinski definition) is 4. The van der Waals surface area contributed by atoms with Gasteiger partial charge in [0.2, 0.25) is 11.7 Å². The lowest BCUT2D eigenvalue weighted by atomic mass is 10.3. The Kier molecular flexibility index (Phi) is 2.03. The van der Waals surface area contributed by atoms with Gasteiger partial charge in [0, 0.05) is 6.20 Å². The lowest BCUT2D eigenvalue weighted by molar-refractivity contribution is 0.0690. The Morgan fingerprint density at radius 1 is 1.50 bits per heavy atom. The summed E-state index contributed by atoms with van der Waals surface area (Å²) in [5.41, 5.74) is 1.25. The highest BCUT2D eigenvalue weighted by atomic mass is 16.4. The number of hydrogen-bond donors (Lipinski definition) is 2. The second-order valence-electron chi connectivity index (χ2n) is 3.99. The van der Waals surface area contributed by atoms with Gasteiger partial charge in [0.15, 0.2) is 5.69 Å². The number of H-pyrrole nitrogens is 1. The fourth-order valence-electron chi connectivity index (χ4n) is 1.83. The molecule has 0 bridgehead atoms. The minimum absolute atomic E-state index is 0.0383. The maximum atomic E-state index is 10.9. The van der Waals surface area contributed by atoms with E-state index in [4.69, 9.17) is 9.52 Å². The van der Waals surface area contributed by atoms with Crippen LogP contribution >= 0.6 is 0 Å². The fraction of sp³-hybridized carbons (Fsp3) is 0.182. The summed E-state index contributed by atoms with van der Waals surface area (Å²) < 4.78 is 7.05. The molecular formula is C11H10N4O3. The number of aromatic amines is 1. The summed E-state index contributed by atoms with van der Waals surface area (Å²) >= 11 is 0. The molecule has 0 atom stereocenters. The van der Waals surface area contributed by atoms with Crippen LogP contribution in [-0.2, 0) is 0 Å². The molecule has 0 unspecified atom stereocenters. The van der Waals surface area contributed by atoms with Gasteiger partial charge in [0.1, 0.15) is 11.5 Å². The van der Waals surface area contributed by atoms with E-state index in [2.05, 4.69) is 15.0 Å². The monoisotopic (exact) mass is 246 g/mol. The number of carbonyl (C=O) groups is 1. The van der Waals surface area contributed by atoms with Gasteiger partial charge >= 0.3 is 5.97 Å². The molecule has 0 saturated heterocycles. The smallest absolute Gasteiger partial charge is 0.356 e. The van der Waals surface area contributed by atoms with Gasteiger partial charge in [-0.05, 0) is 13.8 Å². The van der Waals surface area contributed by atoms with Crippen molar-refractivity contribution >= 4 is 11.7 Å². The normalized spacial score (nSPS) is 11.2. The van der Waals surface area contributed by atoms with Crippen molar-refractivity contribution in [3.05, 3.63) is 29.5 Å². The predicted octanol–water partition coefficient (Wildman–Crippen LogP) is 1.63. The van der Waals surface area contributed by atoms with Crippen LogP contribution in [0.1, 0.15) is 21.9 Å². The first-order chi connectivity index (χ1) is 8.56. The molecule has 92 valence electrons. The van der Waals surface area contributed by atoms with E-state index in [1.54, 1.807) is 30.6 Å². The van der Waals surface area contributed by atoms with Crippen molar-refractivity contribution in [3.8, 4) is 11.6 Å². The van der Waals surface area contributed by atoms with Gasteiger partial charge in [0.25, 0.3) is 0 Å². The number of nitrogens with zero attached hydrogens (tertiary/aromatic N) is 3. The summed E-state index contributed by atoms with van der Waals surface area (Å²) in [4.78, 5) is 22.0. The molecule has 0 spiro atoms. The quantitative estimate of drug-likeness (QED) is 0.716. The van der Waals surface area contributed by atoms with Crippen molar-refractivity contribution in [2.24, 2.45) is 0 Å². The molecule has 7 nitrogen and oxygen atoms in total. The zero-order valence-corrected chi connectivity index (χ0v) is 9.76. The highest BCUT2D eigenvalue weighted by Crippen LogP contribution is 2.20. The Morgan fingerprint density at radius 3 is 2.83 bits per heavy atom. The van der Waals surface area contributed by atoms with E-state index >= 15 is 0 Å². The number of aromatic carboxylic acids is 1. The molecule has 0 aliphatic rings. The van der Waals surface area contributed by atoms with E-state index in [0.29, 0.717) is 28.8 Å². The fourth-order valence-corrected chi connectivity index (χ4v) is 1.83. The summed E-state index contributed by atoms with van der Waals surface area (Å²) in [6, 6.07) is 0. The molecule has 7 heteroatoms. The second-order valence-corrected chi connectivity index (χ2v) is 3.99. The van der Waals surface area contributed by atoms with E-state index in [-0.39, 0.29) is 5.69 Å². The molecule has 0 fully saturated rings. The van der Waals surface area contributed by atoms with Gasteiger partial charge in [-0.2, -0.15) is 0 Å². The molecular weight excluding hydrogens is 236 g/mol. The zero-order chi connectivity index (χ0) is 12.9. The van der Waals surface area contributed by atoms with Crippen LogP contribution in [0, 0.1) is 13.8 Å². The minimum Gasteiger partial charge on any atom is -0.476 e. The number of aromatic nitrogens is 4. The van der Waals surface area contributed by atoms with E-state index < -0.39 is 5.97 Å². The van der Waals surface area contributed by atoms with Gasteiger partial charge < -0.3 is 14.5 Å². The molecule has 0 aliphatic heterocycles. The van der Waals surface area contributed by atoms with Crippen LogP contribution in [0.5, 0.6) is 0 Å². The van der Waals surface area contributed by atoms with Crippen molar-refractivity contribution in [2.45, 2.75) is 13.8 Å². The van der Waals surface area contributed by atoms with Gasteiger partial charge in [-0.1, -0.05) is 0 Å². The van der Waals surface area contributed by atoms with E-state index in [1.807, 2.05) is 0 Å². The SMILES string of the molecule is Cc1cnc(-c2cn3c(C)c(C(=O)O)nc3[nH]2)o1. The molecule has 0 radical (unpaired) electrons. The largest absolute Gasteiger partial charge is 0.476 e. The molecule has 3 rings (SSSR count). The number of imidazole rings is 2. The summed E-state index contributed by atoms with van der Waals surface area (Å²) in [5.74, 6) is 0.573. The van der Waals surface area contributed by atoms with Crippen molar-refractivity contribution in [1.82, 2.24) is 19.4 Å². The number of carboxylic acid groups (broad SMARTS) is 1. The highest BCUT2D eigenvalue weighted by molar-refractivity contribution is 5.87. The van der Waals surface area contributed by atoms with Crippen molar-refractivity contribution in [3.63, 3.8) is 0 Å². The van der Waals surface area contributed by atoms with Crippen molar-refractivity contribution in [1.29, 1.82) is 0 Å². The third-order valence-corrected chi connectivity index (χ3v) is 2.71. The standard InChI is InChI=1S/C11H10N4O3/c1-5-3-12-9(18-5)7-4-15-6(2)8(10(16)17)14-11(15)13-7/h3-4H,1-2H3,(H,13,14)(H,16,17). The van der Waals surface area contributed by atoms with Crippen LogP contribution in [0.3, 0.4) is 0 Å². The number of rotatable bonds is 2. The van der Waals surface area contributed by atoms with Crippen LogP contribution in [-0.4, -0.2) is 30.4 Å². The molecule has 3 heterocycles. The molecule has 0 saturated carbocycles. The van der Waals surface area contributed by atoms with Crippen molar-refractivity contribution in [2.75, 3.05) is 0 Å². The number of nitrogens with one attached hydrogen (secondary N) is 1. The van der Waals surface area contributed by atoms with Crippen LogP contribution in [0.4, 0.5) is 0 Å². The van der Waals surface area contributed by atoms with E-state index in [9.17, 15) is 4.79 Å². The molecule has 3 aromatic rings. The molecule has 2 N–H and O–H groups in total. The first kappa shape index (κ1) is 10.6. The Labute approximate surface area is 101 Å². The Bertz CT molecular complexity index is 750. The van der Waals surface area contributed by atoms with Gasteiger partial charge in [-0.3, -0.25) is 4.40 Å². The van der Waals surface area contributed by atoms with E-state index in [1.165, 1.54) is 0 Å². The predicted molar refractivity (Wildman–Crippen MR) is 61.5 cm³/mol. The van der Waals surface area contributed by atoms with Gasteiger partial charge in [-0.25, -0.2) is 14.8 Å².